The fourth-order valence-electron chi connectivity index (χ4n) is 2.84. The monoisotopic (exact) mass is 278 g/mol. The lowest BCUT2D eigenvalue weighted by Crippen LogP contribution is -2.37. The molecule has 0 aliphatic carbocycles. The maximum atomic E-state index is 12.1. The maximum Gasteiger partial charge on any atom is 0.225 e. The van der Waals surface area contributed by atoms with Crippen LogP contribution in [0.4, 0.5) is 0 Å². The van der Waals surface area contributed by atoms with Gasteiger partial charge in [0, 0.05) is 24.1 Å². The van der Waals surface area contributed by atoms with E-state index in [-0.39, 0.29) is 24.0 Å². The van der Waals surface area contributed by atoms with Crippen LogP contribution in [0, 0.1) is 0 Å². The van der Waals surface area contributed by atoms with Crippen molar-refractivity contribution in [3.05, 3.63) is 23.8 Å². The molecule has 1 amide bonds. The van der Waals surface area contributed by atoms with Crippen molar-refractivity contribution in [1.82, 2.24) is 4.90 Å². The van der Waals surface area contributed by atoms with E-state index in [0.717, 1.165) is 17.1 Å². The lowest BCUT2D eigenvalue weighted by Gasteiger charge is -2.31. The summed E-state index contributed by atoms with van der Waals surface area (Å²) in [5.74, 6) is 1.55. The summed E-state index contributed by atoms with van der Waals surface area (Å²) in [6.45, 7) is 3.99. The van der Waals surface area contributed by atoms with Crippen molar-refractivity contribution in [2.75, 3.05) is 14.2 Å². The highest BCUT2D eigenvalue weighted by molar-refractivity contribution is 5.81. The number of hydrogen-bond acceptors (Lipinski definition) is 4. The number of carbonyl (C=O) groups excluding carboxylic acids is 1. The fourth-order valence-corrected chi connectivity index (χ4v) is 2.84. The van der Waals surface area contributed by atoms with E-state index in [9.17, 15) is 4.79 Å². The topological polar surface area (TPSA) is 64.8 Å². The van der Waals surface area contributed by atoms with Gasteiger partial charge in [0.05, 0.1) is 20.3 Å². The highest BCUT2D eigenvalue weighted by atomic mass is 16.5. The Bertz CT molecular complexity index is 502. The smallest absolute Gasteiger partial charge is 0.225 e. The first-order chi connectivity index (χ1) is 9.49. The minimum Gasteiger partial charge on any atom is -0.497 e. The predicted octanol–water partition coefficient (Wildman–Crippen LogP) is 1.71. The van der Waals surface area contributed by atoms with Crippen molar-refractivity contribution >= 4 is 5.91 Å². The van der Waals surface area contributed by atoms with E-state index in [2.05, 4.69) is 0 Å². The minimum atomic E-state index is -0.231. The van der Waals surface area contributed by atoms with Gasteiger partial charge in [-0.15, -0.1) is 0 Å². The van der Waals surface area contributed by atoms with Gasteiger partial charge in [-0.2, -0.15) is 0 Å². The minimum absolute atomic E-state index is 0.0855. The average Bonchev–Trinajstić information content (AvgIpc) is 2.72. The molecule has 2 N–H and O–H groups in total. The Kier molecular flexibility index (Phi) is 4.18. The zero-order chi connectivity index (χ0) is 14.9. The van der Waals surface area contributed by atoms with E-state index < -0.39 is 0 Å². The summed E-state index contributed by atoms with van der Waals surface area (Å²) in [5, 5.41) is 0. The van der Waals surface area contributed by atoms with E-state index in [1.807, 2.05) is 36.9 Å². The molecule has 1 saturated heterocycles. The second-order valence-corrected chi connectivity index (χ2v) is 5.32. The van der Waals surface area contributed by atoms with Gasteiger partial charge in [-0.3, -0.25) is 4.79 Å². The molecular formula is C15H22N2O3. The third-order valence-corrected chi connectivity index (χ3v) is 3.72. The van der Waals surface area contributed by atoms with Crippen molar-refractivity contribution in [1.29, 1.82) is 0 Å². The van der Waals surface area contributed by atoms with Crippen LogP contribution in [0.2, 0.25) is 0 Å². The molecule has 5 heteroatoms. The Morgan fingerprint density at radius 3 is 2.55 bits per heavy atom. The zero-order valence-electron chi connectivity index (χ0n) is 12.4. The Hall–Kier alpha value is -1.75. The molecule has 20 heavy (non-hydrogen) atoms. The molecule has 0 radical (unpaired) electrons. The molecule has 2 rings (SSSR count). The molecule has 1 aromatic rings. The Balaban J connectivity index is 2.49. The van der Waals surface area contributed by atoms with Gasteiger partial charge in [0.1, 0.15) is 11.5 Å². The first-order valence-corrected chi connectivity index (χ1v) is 6.78. The molecule has 1 heterocycles. The molecule has 0 spiro atoms. The second-order valence-electron chi connectivity index (χ2n) is 5.32. The number of benzene rings is 1. The molecular weight excluding hydrogens is 256 g/mol. The molecule has 2 unspecified atom stereocenters. The normalized spacial score (nSPS) is 22.5. The number of methoxy groups -OCH3 is 2. The summed E-state index contributed by atoms with van der Waals surface area (Å²) in [6, 6.07) is 5.28. The first kappa shape index (κ1) is 14.7. The van der Waals surface area contributed by atoms with Crippen molar-refractivity contribution in [2.24, 2.45) is 5.73 Å². The summed E-state index contributed by atoms with van der Waals surface area (Å²) in [5.41, 5.74) is 7.09. The molecule has 1 aliphatic rings. The van der Waals surface area contributed by atoms with E-state index in [4.69, 9.17) is 15.2 Å². The maximum absolute atomic E-state index is 12.1. The van der Waals surface area contributed by atoms with Crippen LogP contribution in [0.25, 0.3) is 0 Å². The number of nitrogens with zero attached hydrogens (tertiary/aromatic N) is 1. The fraction of sp³-hybridized carbons (Fsp3) is 0.533. The van der Waals surface area contributed by atoms with E-state index in [1.165, 1.54) is 0 Å². The number of carbonyl (C=O) groups is 1. The van der Waals surface area contributed by atoms with E-state index in [0.29, 0.717) is 6.42 Å². The van der Waals surface area contributed by atoms with Crippen LogP contribution in [0.15, 0.2) is 18.2 Å². The molecule has 1 aliphatic heterocycles. The van der Waals surface area contributed by atoms with Crippen molar-refractivity contribution in [2.45, 2.75) is 38.4 Å². The standard InChI is InChI=1S/C15H22N2O3/c1-9(2)17-14(18)8-12(16)15(17)11-7-10(19-3)5-6-13(11)20-4/h5-7,9,12,15H,8,16H2,1-4H3. The summed E-state index contributed by atoms with van der Waals surface area (Å²) in [4.78, 5) is 14.0. The SMILES string of the molecule is COc1ccc(OC)c(C2C(N)CC(=O)N2C(C)C)c1. The summed E-state index contributed by atoms with van der Waals surface area (Å²) < 4.78 is 10.7. The van der Waals surface area contributed by atoms with Gasteiger partial charge >= 0.3 is 0 Å². The lowest BCUT2D eigenvalue weighted by molar-refractivity contribution is -0.130. The number of nitrogens with two attached hydrogens (primary N) is 1. The largest absolute Gasteiger partial charge is 0.497 e. The summed E-state index contributed by atoms with van der Waals surface area (Å²) >= 11 is 0. The van der Waals surface area contributed by atoms with Crippen LogP contribution < -0.4 is 15.2 Å². The lowest BCUT2D eigenvalue weighted by atomic mass is 9.98. The number of amides is 1. The third kappa shape index (κ3) is 2.45. The molecule has 1 aromatic carbocycles. The average molecular weight is 278 g/mol. The summed E-state index contributed by atoms with van der Waals surface area (Å²) in [7, 11) is 3.23. The quantitative estimate of drug-likeness (QED) is 0.910. The number of likely N-dealkylation sites (tertiary alicyclic amines) is 1. The Labute approximate surface area is 119 Å². The molecule has 5 nitrogen and oxygen atoms in total. The van der Waals surface area contributed by atoms with Crippen molar-refractivity contribution in [3.8, 4) is 11.5 Å². The summed E-state index contributed by atoms with van der Waals surface area (Å²) in [6.07, 6.45) is 0.364. The van der Waals surface area contributed by atoms with Crippen LogP contribution in [-0.2, 0) is 4.79 Å². The van der Waals surface area contributed by atoms with Crippen LogP contribution in [0.3, 0.4) is 0 Å². The first-order valence-electron chi connectivity index (χ1n) is 6.78. The Morgan fingerprint density at radius 1 is 1.30 bits per heavy atom. The van der Waals surface area contributed by atoms with Gasteiger partial charge < -0.3 is 20.1 Å². The molecule has 1 fully saturated rings. The van der Waals surface area contributed by atoms with Crippen molar-refractivity contribution < 1.29 is 14.3 Å². The van der Waals surface area contributed by atoms with E-state index >= 15 is 0 Å². The van der Waals surface area contributed by atoms with Gasteiger partial charge in [-0.25, -0.2) is 0 Å². The highest BCUT2D eigenvalue weighted by Crippen LogP contribution is 2.39. The molecule has 110 valence electrons. The van der Waals surface area contributed by atoms with Gasteiger partial charge in [-0.05, 0) is 32.0 Å². The van der Waals surface area contributed by atoms with Gasteiger partial charge in [0.25, 0.3) is 0 Å². The second kappa shape index (κ2) is 5.71. The van der Waals surface area contributed by atoms with E-state index in [1.54, 1.807) is 14.2 Å². The number of hydrogen-bond donors (Lipinski definition) is 1. The molecule has 0 bridgehead atoms. The van der Waals surface area contributed by atoms with Crippen molar-refractivity contribution in [3.63, 3.8) is 0 Å². The molecule has 2 atom stereocenters. The molecule has 0 aromatic heterocycles. The highest BCUT2D eigenvalue weighted by Gasteiger charge is 2.41. The van der Waals surface area contributed by atoms with Gasteiger partial charge in [0.2, 0.25) is 5.91 Å². The van der Waals surface area contributed by atoms with Gasteiger partial charge in [-0.1, -0.05) is 0 Å². The number of ether oxygens (including phenoxy) is 2. The van der Waals surface area contributed by atoms with Crippen LogP contribution >= 0.6 is 0 Å². The Morgan fingerprint density at radius 2 is 2.00 bits per heavy atom. The third-order valence-electron chi connectivity index (χ3n) is 3.72. The van der Waals surface area contributed by atoms with Gasteiger partial charge in [0.15, 0.2) is 0 Å². The number of rotatable bonds is 4. The molecule has 0 saturated carbocycles. The predicted molar refractivity (Wildman–Crippen MR) is 76.9 cm³/mol. The van der Waals surface area contributed by atoms with Crippen LogP contribution in [0.1, 0.15) is 31.9 Å². The zero-order valence-corrected chi connectivity index (χ0v) is 12.4. The van der Waals surface area contributed by atoms with Crippen LogP contribution in [0.5, 0.6) is 11.5 Å². The van der Waals surface area contributed by atoms with Crippen LogP contribution in [-0.4, -0.2) is 37.1 Å².